The zero-order valence-corrected chi connectivity index (χ0v) is 12.5. The minimum Gasteiger partial charge on any atom is -0.513 e. The number of carbonyl (C=O) groups is 1. The van der Waals surface area contributed by atoms with Crippen LogP contribution in [0.3, 0.4) is 0 Å². The summed E-state index contributed by atoms with van der Waals surface area (Å²) in [6.45, 7) is 14.3. The second kappa shape index (κ2) is 9.20. The topological polar surface area (TPSA) is 75.3 Å². The molecule has 0 rings (SSSR count). The third-order valence-electron chi connectivity index (χ3n) is 2.43. The fourth-order valence-electron chi connectivity index (χ4n) is 1.37. The van der Waals surface area contributed by atoms with Crippen molar-refractivity contribution in [2.75, 3.05) is 0 Å². The molecule has 0 aliphatic rings. The van der Waals surface area contributed by atoms with Crippen LogP contribution in [0.1, 0.15) is 13.8 Å². The Morgan fingerprint density at radius 2 is 1.90 bits per heavy atom. The van der Waals surface area contributed by atoms with E-state index in [1.807, 2.05) is 13.0 Å². The first-order chi connectivity index (χ1) is 9.87. The molecule has 0 atom stereocenters. The predicted octanol–water partition coefficient (Wildman–Crippen LogP) is 3.17. The Labute approximate surface area is 126 Å². The van der Waals surface area contributed by atoms with Crippen molar-refractivity contribution >= 4 is 5.91 Å². The Kier molecular flexibility index (Phi) is 8.00. The van der Waals surface area contributed by atoms with Crippen molar-refractivity contribution in [3.63, 3.8) is 0 Å². The second-order valence-electron chi connectivity index (χ2n) is 4.14. The average molecular weight is 286 g/mol. The number of nitrogens with two attached hydrogens (primary N) is 1. The number of aliphatic hydroxyl groups is 1. The summed E-state index contributed by atoms with van der Waals surface area (Å²) in [5, 5.41) is 11.9. The normalized spacial score (nSPS) is 13.6. The fraction of sp³-hybridized carbons (Fsp3) is 0.118. The molecular weight excluding hydrogens is 264 g/mol. The van der Waals surface area contributed by atoms with E-state index in [1.54, 1.807) is 18.2 Å². The van der Waals surface area contributed by atoms with Crippen LogP contribution in [0.25, 0.3) is 0 Å². The Morgan fingerprint density at radius 1 is 1.29 bits per heavy atom. The van der Waals surface area contributed by atoms with Gasteiger partial charge in [-0.3, -0.25) is 4.79 Å². The summed E-state index contributed by atoms with van der Waals surface area (Å²) in [5.41, 5.74) is 7.02. The lowest BCUT2D eigenvalue weighted by atomic mass is 10.1. The standard InChI is InChI=1S/C17H22N2O2/c1-6-9-10-14(7-2)13(5)19-17(21)15(11-12(4)20)16(18)8-3/h6-11,20H,2-3,5,18H2,1,4H3,(H,19,21)/b9-6-,12-11+,14-10+,16-15-. The highest BCUT2D eigenvalue weighted by Gasteiger charge is 2.12. The van der Waals surface area contributed by atoms with E-state index in [0.29, 0.717) is 11.3 Å². The van der Waals surface area contributed by atoms with E-state index in [2.05, 4.69) is 25.1 Å². The number of amides is 1. The summed E-state index contributed by atoms with van der Waals surface area (Å²) in [6.07, 6.45) is 9.60. The van der Waals surface area contributed by atoms with Crippen molar-refractivity contribution in [3.8, 4) is 0 Å². The number of allylic oxidation sites excluding steroid dienone is 6. The molecule has 4 heteroatoms. The van der Waals surface area contributed by atoms with Gasteiger partial charge in [0, 0.05) is 11.4 Å². The molecule has 0 saturated carbocycles. The number of hydrogen-bond donors (Lipinski definition) is 3. The Morgan fingerprint density at radius 3 is 2.33 bits per heavy atom. The molecule has 0 radical (unpaired) electrons. The van der Waals surface area contributed by atoms with Gasteiger partial charge in [-0.1, -0.05) is 44.0 Å². The molecule has 112 valence electrons. The predicted molar refractivity (Wildman–Crippen MR) is 88.2 cm³/mol. The van der Waals surface area contributed by atoms with Crippen molar-refractivity contribution in [3.05, 3.63) is 84.5 Å². The summed E-state index contributed by atoms with van der Waals surface area (Å²) in [7, 11) is 0. The van der Waals surface area contributed by atoms with Crippen molar-refractivity contribution in [1.82, 2.24) is 5.32 Å². The molecule has 0 fully saturated rings. The summed E-state index contributed by atoms with van der Waals surface area (Å²) < 4.78 is 0. The van der Waals surface area contributed by atoms with Gasteiger partial charge in [0.05, 0.1) is 11.3 Å². The summed E-state index contributed by atoms with van der Waals surface area (Å²) in [4.78, 5) is 12.2. The van der Waals surface area contributed by atoms with E-state index in [-0.39, 0.29) is 17.0 Å². The first kappa shape index (κ1) is 18.2. The lowest BCUT2D eigenvalue weighted by Gasteiger charge is -2.11. The molecule has 0 aliphatic carbocycles. The van der Waals surface area contributed by atoms with Crippen molar-refractivity contribution in [2.24, 2.45) is 5.73 Å². The zero-order valence-electron chi connectivity index (χ0n) is 12.5. The maximum atomic E-state index is 12.2. The van der Waals surface area contributed by atoms with Crippen LogP contribution in [-0.2, 0) is 4.79 Å². The van der Waals surface area contributed by atoms with Gasteiger partial charge in [0.2, 0.25) is 0 Å². The molecular formula is C17H22N2O2. The molecule has 0 heterocycles. The number of aliphatic hydroxyl groups excluding tert-OH is 1. The van der Waals surface area contributed by atoms with Crippen LogP contribution in [0, 0.1) is 0 Å². The van der Waals surface area contributed by atoms with Gasteiger partial charge in [-0.2, -0.15) is 0 Å². The highest BCUT2D eigenvalue weighted by molar-refractivity contribution is 5.98. The zero-order chi connectivity index (χ0) is 16.4. The monoisotopic (exact) mass is 286 g/mol. The number of rotatable bonds is 7. The molecule has 4 N–H and O–H groups in total. The van der Waals surface area contributed by atoms with E-state index in [1.165, 1.54) is 19.1 Å². The SMILES string of the molecule is C=C/C(N)=C(\C=C(/C)O)C(=O)NC(=C)/C(C=C)=C/C=C\C. The molecule has 4 nitrogen and oxygen atoms in total. The summed E-state index contributed by atoms with van der Waals surface area (Å²) in [5.74, 6) is -0.525. The van der Waals surface area contributed by atoms with E-state index in [0.717, 1.165) is 0 Å². The Bertz CT molecular complexity index is 557. The van der Waals surface area contributed by atoms with Crippen molar-refractivity contribution in [1.29, 1.82) is 0 Å². The van der Waals surface area contributed by atoms with Crippen LogP contribution < -0.4 is 11.1 Å². The molecule has 0 saturated heterocycles. The van der Waals surface area contributed by atoms with Gasteiger partial charge in [-0.25, -0.2) is 0 Å². The van der Waals surface area contributed by atoms with Crippen LogP contribution in [0.15, 0.2) is 84.5 Å². The molecule has 1 amide bonds. The largest absolute Gasteiger partial charge is 0.513 e. The highest BCUT2D eigenvalue weighted by atomic mass is 16.3. The molecule has 0 spiro atoms. The second-order valence-corrected chi connectivity index (χ2v) is 4.14. The maximum Gasteiger partial charge on any atom is 0.257 e. The highest BCUT2D eigenvalue weighted by Crippen LogP contribution is 2.10. The van der Waals surface area contributed by atoms with Crippen LogP contribution in [-0.4, -0.2) is 11.0 Å². The molecule has 0 bridgehead atoms. The minimum atomic E-state index is -0.487. The van der Waals surface area contributed by atoms with Crippen LogP contribution in [0.2, 0.25) is 0 Å². The number of carbonyl (C=O) groups excluding carboxylic acids is 1. The van der Waals surface area contributed by atoms with Crippen molar-refractivity contribution in [2.45, 2.75) is 13.8 Å². The quantitative estimate of drug-likeness (QED) is 0.382. The van der Waals surface area contributed by atoms with Gasteiger partial charge in [0.15, 0.2) is 0 Å². The van der Waals surface area contributed by atoms with Gasteiger partial charge >= 0.3 is 0 Å². The lowest BCUT2D eigenvalue weighted by molar-refractivity contribution is -0.116. The van der Waals surface area contributed by atoms with E-state index in [9.17, 15) is 9.90 Å². The van der Waals surface area contributed by atoms with Gasteiger partial charge in [-0.15, -0.1) is 0 Å². The van der Waals surface area contributed by atoms with E-state index >= 15 is 0 Å². The summed E-state index contributed by atoms with van der Waals surface area (Å²) >= 11 is 0. The third-order valence-corrected chi connectivity index (χ3v) is 2.43. The van der Waals surface area contributed by atoms with E-state index < -0.39 is 5.91 Å². The number of hydrogen-bond acceptors (Lipinski definition) is 3. The minimum absolute atomic E-state index is 0.0380. The first-order valence-electron chi connectivity index (χ1n) is 6.32. The molecule has 0 aromatic rings. The van der Waals surface area contributed by atoms with Gasteiger partial charge in [-0.05, 0) is 31.6 Å². The van der Waals surface area contributed by atoms with Gasteiger partial charge in [0.25, 0.3) is 5.91 Å². The third kappa shape index (κ3) is 6.29. The molecule has 21 heavy (non-hydrogen) atoms. The fourth-order valence-corrected chi connectivity index (χ4v) is 1.37. The van der Waals surface area contributed by atoms with E-state index in [4.69, 9.17) is 5.73 Å². The molecule has 0 unspecified atom stereocenters. The smallest absolute Gasteiger partial charge is 0.257 e. The maximum absolute atomic E-state index is 12.2. The van der Waals surface area contributed by atoms with Crippen LogP contribution in [0.5, 0.6) is 0 Å². The lowest BCUT2D eigenvalue weighted by Crippen LogP contribution is -2.26. The summed E-state index contributed by atoms with van der Waals surface area (Å²) in [6, 6.07) is 0. The van der Waals surface area contributed by atoms with Gasteiger partial charge in [0.1, 0.15) is 0 Å². The van der Waals surface area contributed by atoms with Crippen LogP contribution in [0.4, 0.5) is 0 Å². The number of nitrogens with one attached hydrogen (secondary N) is 1. The van der Waals surface area contributed by atoms with Gasteiger partial charge < -0.3 is 16.2 Å². The van der Waals surface area contributed by atoms with Crippen LogP contribution >= 0.6 is 0 Å². The first-order valence-corrected chi connectivity index (χ1v) is 6.32. The average Bonchev–Trinajstić information content (AvgIpc) is 2.44. The molecule has 0 aromatic carbocycles. The molecule has 0 aliphatic heterocycles. The molecule has 0 aromatic heterocycles. The Hall–Kier alpha value is -2.75. The van der Waals surface area contributed by atoms with Crippen molar-refractivity contribution < 1.29 is 9.90 Å². The Balaban J connectivity index is 5.35.